The van der Waals surface area contributed by atoms with Crippen LogP contribution in [0.1, 0.15) is 22.6 Å². The molecule has 3 rings (SSSR count). The molecule has 2 aromatic rings. The van der Waals surface area contributed by atoms with Gasteiger partial charge in [-0.15, -0.1) is 0 Å². The summed E-state index contributed by atoms with van der Waals surface area (Å²) in [6.07, 6.45) is 0. The van der Waals surface area contributed by atoms with Gasteiger partial charge in [0, 0.05) is 24.6 Å². The Morgan fingerprint density at radius 2 is 2.22 bits per heavy atom. The monoisotopic (exact) mass is 259 g/mol. The second kappa shape index (κ2) is 5.12. The first-order valence-corrected chi connectivity index (χ1v) is 7.23. The van der Waals surface area contributed by atoms with E-state index in [0.29, 0.717) is 5.92 Å². The fourth-order valence-electron chi connectivity index (χ4n) is 2.35. The average molecular weight is 259 g/mol. The van der Waals surface area contributed by atoms with Crippen molar-refractivity contribution in [2.24, 2.45) is 0 Å². The van der Waals surface area contributed by atoms with Gasteiger partial charge in [-0.3, -0.25) is 0 Å². The van der Waals surface area contributed by atoms with Crippen molar-refractivity contribution in [2.45, 2.75) is 19.4 Å². The molecule has 3 heteroatoms. The molecule has 0 bridgehead atoms. The van der Waals surface area contributed by atoms with Crippen LogP contribution in [0.2, 0.25) is 0 Å². The standard InChI is InChI=1S/C15H17NOS/c1-11-9-18-10-13(11)7-16-6-12-8-17-15-5-3-2-4-14(12)15/h2-5,9-10,12,16H,6-8H2,1H3. The molecule has 18 heavy (non-hydrogen) atoms. The van der Waals surface area contributed by atoms with E-state index in [9.17, 15) is 0 Å². The van der Waals surface area contributed by atoms with Crippen molar-refractivity contribution in [2.75, 3.05) is 13.2 Å². The maximum atomic E-state index is 5.68. The number of hydrogen-bond donors (Lipinski definition) is 1. The third-order valence-electron chi connectivity index (χ3n) is 3.47. The van der Waals surface area contributed by atoms with Gasteiger partial charge in [0.15, 0.2) is 0 Å². The van der Waals surface area contributed by atoms with Crippen LogP contribution in [0.25, 0.3) is 0 Å². The van der Waals surface area contributed by atoms with Crippen LogP contribution in [0.4, 0.5) is 0 Å². The lowest BCUT2D eigenvalue weighted by Gasteiger charge is -2.10. The lowest BCUT2D eigenvalue weighted by atomic mass is 10.0. The van der Waals surface area contributed by atoms with E-state index in [1.54, 1.807) is 11.3 Å². The van der Waals surface area contributed by atoms with E-state index in [0.717, 1.165) is 25.4 Å². The van der Waals surface area contributed by atoms with Crippen molar-refractivity contribution in [3.63, 3.8) is 0 Å². The first-order chi connectivity index (χ1) is 8.84. The highest BCUT2D eigenvalue weighted by Gasteiger charge is 2.22. The Kier molecular flexibility index (Phi) is 3.35. The minimum atomic E-state index is 0.486. The van der Waals surface area contributed by atoms with E-state index < -0.39 is 0 Å². The minimum absolute atomic E-state index is 0.486. The highest BCUT2D eigenvalue weighted by molar-refractivity contribution is 7.08. The van der Waals surface area contributed by atoms with Gasteiger partial charge < -0.3 is 10.1 Å². The third kappa shape index (κ3) is 2.28. The number of ether oxygens (including phenoxy) is 1. The first kappa shape index (κ1) is 11.8. The van der Waals surface area contributed by atoms with Gasteiger partial charge in [0.25, 0.3) is 0 Å². The number of benzene rings is 1. The molecule has 1 aromatic carbocycles. The van der Waals surface area contributed by atoms with Crippen molar-refractivity contribution >= 4 is 11.3 Å². The summed E-state index contributed by atoms with van der Waals surface area (Å²) in [6.45, 7) is 4.90. The molecule has 1 atom stereocenters. The number of fused-ring (bicyclic) bond motifs is 1. The van der Waals surface area contributed by atoms with Crippen LogP contribution in [0, 0.1) is 6.92 Å². The van der Waals surface area contributed by atoms with E-state index in [1.807, 2.05) is 6.07 Å². The second-order valence-electron chi connectivity index (χ2n) is 4.76. The van der Waals surface area contributed by atoms with Gasteiger partial charge in [0.2, 0.25) is 0 Å². The van der Waals surface area contributed by atoms with Crippen molar-refractivity contribution < 1.29 is 4.74 Å². The van der Waals surface area contributed by atoms with Crippen LogP contribution in [0.5, 0.6) is 5.75 Å². The number of aryl methyl sites for hydroxylation is 1. The molecular weight excluding hydrogens is 242 g/mol. The number of nitrogens with one attached hydrogen (secondary N) is 1. The molecular formula is C15H17NOS. The van der Waals surface area contributed by atoms with Gasteiger partial charge in [0.05, 0.1) is 6.61 Å². The lowest BCUT2D eigenvalue weighted by molar-refractivity contribution is 0.326. The molecule has 0 fully saturated rings. The average Bonchev–Trinajstić information content (AvgIpc) is 2.97. The zero-order valence-corrected chi connectivity index (χ0v) is 11.3. The van der Waals surface area contributed by atoms with E-state index >= 15 is 0 Å². The Hall–Kier alpha value is -1.32. The normalized spacial score (nSPS) is 17.5. The molecule has 0 aliphatic carbocycles. The Balaban J connectivity index is 1.58. The smallest absolute Gasteiger partial charge is 0.122 e. The largest absolute Gasteiger partial charge is 0.493 e. The summed E-state index contributed by atoms with van der Waals surface area (Å²) in [7, 11) is 0. The summed E-state index contributed by atoms with van der Waals surface area (Å²) >= 11 is 1.77. The van der Waals surface area contributed by atoms with Gasteiger partial charge in [0.1, 0.15) is 5.75 Å². The molecule has 1 aromatic heterocycles. The van der Waals surface area contributed by atoms with Crippen LogP contribution in [0.15, 0.2) is 35.0 Å². The predicted molar refractivity (Wildman–Crippen MR) is 75.4 cm³/mol. The molecule has 0 amide bonds. The minimum Gasteiger partial charge on any atom is -0.493 e. The Labute approximate surface area is 112 Å². The summed E-state index contributed by atoms with van der Waals surface area (Å²) in [5.74, 6) is 1.54. The van der Waals surface area contributed by atoms with Gasteiger partial charge in [-0.2, -0.15) is 11.3 Å². The van der Waals surface area contributed by atoms with Crippen LogP contribution in [-0.4, -0.2) is 13.2 Å². The molecule has 1 unspecified atom stereocenters. The van der Waals surface area contributed by atoms with Crippen LogP contribution >= 0.6 is 11.3 Å². The van der Waals surface area contributed by atoms with E-state index in [-0.39, 0.29) is 0 Å². The number of rotatable bonds is 4. The number of thiophene rings is 1. The summed E-state index contributed by atoms with van der Waals surface area (Å²) in [5.41, 5.74) is 4.13. The SMILES string of the molecule is Cc1cscc1CNCC1COc2ccccc21. The molecule has 0 spiro atoms. The summed E-state index contributed by atoms with van der Waals surface area (Å²) in [4.78, 5) is 0. The molecule has 0 radical (unpaired) electrons. The van der Waals surface area contributed by atoms with Gasteiger partial charge in [-0.25, -0.2) is 0 Å². The van der Waals surface area contributed by atoms with Crippen molar-refractivity contribution in [1.29, 1.82) is 0 Å². The highest BCUT2D eigenvalue weighted by Crippen LogP contribution is 2.32. The highest BCUT2D eigenvalue weighted by atomic mass is 32.1. The zero-order valence-electron chi connectivity index (χ0n) is 10.5. The van der Waals surface area contributed by atoms with Crippen LogP contribution in [-0.2, 0) is 6.54 Å². The molecule has 2 heterocycles. The molecule has 1 aliphatic rings. The van der Waals surface area contributed by atoms with Crippen molar-refractivity contribution in [3.8, 4) is 5.75 Å². The summed E-state index contributed by atoms with van der Waals surface area (Å²) in [5, 5.41) is 7.96. The summed E-state index contributed by atoms with van der Waals surface area (Å²) < 4.78 is 5.68. The molecule has 1 aliphatic heterocycles. The van der Waals surface area contributed by atoms with Crippen LogP contribution < -0.4 is 10.1 Å². The molecule has 94 valence electrons. The Bertz CT molecular complexity index is 535. The summed E-state index contributed by atoms with van der Waals surface area (Å²) in [6, 6.07) is 8.34. The topological polar surface area (TPSA) is 21.3 Å². The lowest BCUT2D eigenvalue weighted by Crippen LogP contribution is -2.22. The zero-order chi connectivity index (χ0) is 12.4. The maximum absolute atomic E-state index is 5.68. The van der Waals surface area contributed by atoms with Gasteiger partial charge >= 0.3 is 0 Å². The molecule has 0 saturated heterocycles. The van der Waals surface area contributed by atoms with E-state index in [1.165, 1.54) is 16.7 Å². The maximum Gasteiger partial charge on any atom is 0.122 e. The number of hydrogen-bond acceptors (Lipinski definition) is 3. The van der Waals surface area contributed by atoms with Crippen molar-refractivity contribution in [3.05, 3.63) is 51.7 Å². The Morgan fingerprint density at radius 3 is 3.06 bits per heavy atom. The second-order valence-corrected chi connectivity index (χ2v) is 5.50. The van der Waals surface area contributed by atoms with Crippen molar-refractivity contribution in [1.82, 2.24) is 5.32 Å². The van der Waals surface area contributed by atoms with E-state index in [2.05, 4.69) is 41.2 Å². The van der Waals surface area contributed by atoms with Gasteiger partial charge in [-0.1, -0.05) is 18.2 Å². The quantitative estimate of drug-likeness (QED) is 0.909. The predicted octanol–water partition coefficient (Wildman–Crippen LogP) is 3.32. The molecule has 0 saturated carbocycles. The first-order valence-electron chi connectivity index (χ1n) is 6.28. The fraction of sp³-hybridized carbons (Fsp3) is 0.333. The third-order valence-corrected chi connectivity index (χ3v) is 4.38. The van der Waals surface area contributed by atoms with Gasteiger partial charge in [-0.05, 0) is 34.9 Å². The fourth-order valence-corrected chi connectivity index (χ4v) is 3.20. The number of para-hydroxylation sites is 1. The van der Waals surface area contributed by atoms with Crippen LogP contribution in [0.3, 0.4) is 0 Å². The molecule has 2 nitrogen and oxygen atoms in total. The molecule has 1 N–H and O–H groups in total. The van der Waals surface area contributed by atoms with E-state index in [4.69, 9.17) is 4.74 Å². The Morgan fingerprint density at radius 1 is 1.33 bits per heavy atom.